The van der Waals surface area contributed by atoms with Crippen molar-refractivity contribution in [2.24, 2.45) is 0 Å². The summed E-state index contributed by atoms with van der Waals surface area (Å²) >= 11 is 0. The van der Waals surface area contributed by atoms with E-state index in [9.17, 15) is 17.6 Å². The maximum absolute atomic E-state index is 13.3. The molecule has 0 bridgehead atoms. The van der Waals surface area contributed by atoms with Gasteiger partial charge in [0.2, 0.25) is 15.9 Å². The number of piperazine rings is 1. The van der Waals surface area contributed by atoms with E-state index < -0.39 is 15.8 Å². The van der Waals surface area contributed by atoms with Crippen molar-refractivity contribution in [1.82, 2.24) is 14.5 Å². The van der Waals surface area contributed by atoms with Crippen LogP contribution in [0.25, 0.3) is 0 Å². The lowest BCUT2D eigenvalue weighted by Gasteiger charge is -2.33. The molecule has 0 unspecified atom stereocenters. The summed E-state index contributed by atoms with van der Waals surface area (Å²) in [4.78, 5) is 13.9. The Hall–Kier alpha value is -1.51. The van der Waals surface area contributed by atoms with E-state index in [2.05, 4.69) is 12.2 Å². The lowest BCUT2D eigenvalue weighted by molar-refractivity contribution is -0.123. The van der Waals surface area contributed by atoms with Gasteiger partial charge in [0, 0.05) is 32.2 Å². The highest BCUT2D eigenvalue weighted by atomic mass is 32.2. The van der Waals surface area contributed by atoms with Gasteiger partial charge in [-0.2, -0.15) is 4.31 Å². The fourth-order valence-electron chi connectivity index (χ4n) is 2.93. The van der Waals surface area contributed by atoms with Crippen molar-refractivity contribution in [3.05, 3.63) is 30.1 Å². The molecule has 8 heteroatoms. The number of carbonyl (C=O) groups excluding carboxylic acids is 1. The number of sulfonamides is 1. The molecule has 1 fully saturated rings. The molecular formula is C17H26FN3O3S. The Kier molecular flexibility index (Phi) is 6.92. The molecule has 25 heavy (non-hydrogen) atoms. The molecular weight excluding hydrogens is 345 g/mol. The van der Waals surface area contributed by atoms with E-state index in [0.717, 1.165) is 18.9 Å². The lowest BCUT2D eigenvalue weighted by atomic mass is 10.2. The first-order valence-electron chi connectivity index (χ1n) is 8.60. The lowest BCUT2D eigenvalue weighted by Crippen LogP contribution is -2.51. The largest absolute Gasteiger partial charge is 0.353 e. The predicted octanol–water partition coefficient (Wildman–Crippen LogP) is 1.44. The molecule has 0 spiro atoms. The fraction of sp³-hybridized carbons (Fsp3) is 0.588. The molecule has 0 aliphatic carbocycles. The van der Waals surface area contributed by atoms with Gasteiger partial charge in [-0.3, -0.25) is 9.69 Å². The Morgan fingerprint density at radius 2 is 1.96 bits per heavy atom. The molecule has 2 rings (SSSR count). The molecule has 1 aliphatic rings. The minimum atomic E-state index is -3.70. The molecule has 1 aliphatic heterocycles. The average Bonchev–Trinajstić information content (AvgIpc) is 2.55. The van der Waals surface area contributed by atoms with Gasteiger partial charge < -0.3 is 5.32 Å². The summed E-state index contributed by atoms with van der Waals surface area (Å²) in [6.07, 6.45) is 1.95. The van der Waals surface area contributed by atoms with Gasteiger partial charge in [0.25, 0.3) is 0 Å². The summed E-state index contributed by atoms with van der Waals surface area (Å²) in [5.41, 5.74) is 0. The summed E-state index contributed by atoms with van der Waals surface area (Å²) in [7, 11) is -3.70. The molecule has 1 N–H and O–H groups in total. The molecule has 6 nitrogen and oxygen atoms in total. The summed E-state index contributed by atoms with van der Waals surface area (Å²) in [5, 5.41) is 2.95. The molecule has 140 valence electrons. The van der Waals surface area contributed by atoms with Gasteiger partial charge >= 0.3 is 0 Å². The molecule has 0 saturated carbocycles. The zero-order valence-electron chi connectivity index (χ0n) is 14.7. The van der Waals surface area contributed by atoms with Crippen molar-refractivity contribution >= 4 is 15.9 Å². The van der Waals surface area contributed by atoms with Crippen LogP contribution in [0, 0.1) is 5.82 Å². The van der Waals surface area contributed by atoms with Crippen LogP contribution in [-0.4, -0.2) is 62.3 Å². The maximum atomic E-state index is 13.3. The standard InChI is InChI=1S/C17H26FN3O3S/c1-3-5-14(2)19-17(22)13-20-8-10-21(11-9-20)25(23,24)16-7-4-6-15(18)12-16/h4,6-7,12,14H,3,5,8-11,13H2,1-2H3,(H,19,22)/t14-/m1/s1. The Bertz CT molecular complexity index is 688. The van der Waals surface area contributed by atoms with Crippen molar-refractivity contribution in [3.8, 4) is 0 Å². The predicted molar refractivity (Wildman–Crippen MR) is 94.1 cm³/mol. The molecule has 0 radical (unpaired) electrons. The van der Waals surface area contributed by atoms with Crippen LogP contribution in [0.15, 0.2) is 29.2 Å². The second-order valence-electron chi connectivity index (χ2n) is 6.39. The minimum Gasteiger partial charge on any atom is -0.353 e. The number of halogens is 1. The number of hydrogen-bond acceptors (Lipinski definition) is 4. The number of nitrogens with one attached hydrogen (secondary N) is 1. The van der Waals surface area contributed by atoms with E-state index in [1.807, 2.05) is 11.8 Å². The highest BCUT2D eigenvalue weighted by Gasteiger charge is 2.29. The Labute approximate surface area is 149 Å². The van der Waals surface area contributed by atoms with Gasteiger partial charge in [-0.1, -0.05) is 19.4 Å². The molecule has 1 aromatic carbocycles. The number of benzene rings is 1. The number of rotatable bonds is 7. The van der Waals surface area contributed by atoms with Crippen LogP contribution < -0.4 is 5.32 Å². The zero-order chi connectivity index (χ0) is 18.4. The molecule has 1 amide bonds. The number of nitrogens with zero attached hydrogens (tertiary/aromatic N) is 2. The molecule has 0 aromatic heterocycles. The van der Waals surface area contributed by atoms with Gasteiger partial charge in [-0.05, 0) is 31.5 Å². The Morgan fingerprint density at radius 3 is 2.56 bits per heavy atom. The molecule has 1 heterocycles. The van der Waals surface area contributed by atoms with Crippen LogP contribution in [-0.2, 0) is 14.8 Å². The van der Waals surface area contributed by atoms with E-state index in [1.165, 1.54) is 22.5 Å². The zero-order valence-corrected chi connectivity index (χ0v) is 15.6. The monoisotopic (exact) mass is 371 g/mol. The molecule has 1 atom stereocenters. The third-order valence-electron chi connectivity index (χ3n) is 4.26. The van der Waals surface area contributed by atoms with E-state index in [0.29, 0.717) is 13.1 Å². The van der Waals surface area contributed by atoms with Crippen LogP contribution in [0.4, 0.5) is 4.39 Å². The van der Waals surface area contributed by atoms with Crippen molar-refractivity contribution in [2.75, 3.05) is 32.7 Å². The van der Waals surface area contributed by atoms with E-state index in [1.54, 1.807) is 0 Å². The quantitative estimate of drug-likeness (QED) is 0.787. The SMILES string of the molecule is CCC[C@@H](C)NC(=O)CN1CCN(S(=O)(=O)c2cccc(F)c2)CC1. The van der Waals surface area contributed by atoms with Gasteiger partial charge in [-0.15, -0.1) is 0 Å². The van der Waals surface area contributed by atoms with Crippen LogP contribution in [0.5, 0.6) is 0 Å². The number of amides is 1. The van der Waals surface area contributed by atoms with Gasteiger partial charge in [0.15, 0.2) is 0 Å². The van der Waals surface area contributed by atoms with E-state index in [4.69, 9.17) is 0 Å². The third kappa shape index (κ3) is 5.49. The third-order valence-corrected chi connectivity index (χ3v) is 6.16. The average molecular weight is 371 g/mol. The smallest absolute Gasteiger partial charge is 0.243 e. The summed E-state index contributed by atoms with van der Waals surface area (Å²) in [6, 6.07) is 5.18. The normalized spacial score (nSPS) is 18.0. The molecule has 1 aromatic rings. The van der Waals surface area contributed by atoms with Crippen LogP contribution >= 0.6 is 0 Å². The molecule has 1 saturated heterocycles. The summed E-state index contributed by atoms with van der Waals surface area (Å²) in [5.74, 6) is -0.611. The van der Waals surface area contributed by atoms with Crippen molar-refractivity contribution in [1.29, 1.82) is 0 Å². The summed E-state index contributed by atoms with van der Waals surface area (Å²) < 4.78 is 39.7. The second kappa shape index (κ2) is 8.73. The number of hydrogen-bond donors (Lipinski definition) is 1. The van der Waals surface area contributed by atoms with Crippen LogP contribution in [0.1, 0.15) is 26.7 Å². The second-order valence-corrected chi connectivity index (χ2v) is 8.33. The minimum absolute atomic E-state index is 0.0351. The van der Waals surface area contributed by atoms with Gasteiger partial charge in [-0.25, -0.2) is 12.8 Å². The highest BCUT2D eigenvalue weighted by molar-refractivity contribution is 7.89. The summed E-state index contributed by atoms with van der Waals surface area (Å²) in [6.45, 7) is 5.84. The highest BCUT2D eigenvalue weighted by Crippen LogP contribution is 2.18. The van der Waals surface area contributed by atoms with Gasteiger partial charge in [0.1, 0.15) is 5.82 Å². The van der Waals surface area contributed by atoms with E-state index in [-0.39, 0.29) is 36.5 Å². The fourth-order valence-corrected chi connectivity index (χ4v) is 4.39. The van der Waals surface area contributed by atoms with E-state index >= 15 is 0 Å². The van der Waals surface area contributed by atoms with Gasteiger partial charge in [0.05, 0.1) is 11.4 Å². The first kappa shape index (κ1) is 19.8. The first-order valence-corrected chi connectivity index (χ1v) is 10.0. The maximum Gasteiger partial charge on any atom is 0.243 e. The van der Waals surface area contributed by atoms with Crippen molar-refractivity contribution in [3.63, 3.8) is 0 Å². The first-order chi connectivity index (χ1) is 11.8. The number of carbonyl (C=O) groups is 1. The van der Waals surface area contributed by atoms with Crippen LogP contribution in [0.2, 0.25) is 0 Å². The van der Waals surface area contributed by atoms with Crippen LogP contribution in [0.3, 0.4) is 0 Å². The van der Waals surface area contributed by atoms with Crippen molar-refractivity contribution in [2.45, 2.75) is 37.6 Å². The Morgan fingerprint density at radius 1 is 1.28 bits per heavy atom. The Balaban J connectivity index is 1.88. The van der Waals surface area contributed by atoms with Crippen molar-refractivity contribution < 1.29 is 17.6 Å². The topological polar surface area (TPSA) is 69.7 Å².